The summed E-state index contributed by atoms with van der Waals surface area (Å²) in [6, 6.07) is 0.220. The Morgan fingerprint density at radius 3 is 2.53 bits per heavy atom. The van der Waals surface area contributed by atoms with Gasteiger partial charge in [-0.15, -0.1) is 0 Å². The lowest BCUT2D eigenvalue weighted by Crippen LogP contribution is -2.21. The van der Waals surface area contributed by atoms with Crippen LogP contribution in [0.25, 0.3) is 0 Å². The molecule has 1 aromatic heterocycles. The number of rotatable bonds is 5. The molecular formula is C11H20FN5. The number of anilines is 2. The molecule has 1 aromatic rings. The standard InChI is InChI=1S/C11H20FN5/c1-5-6-7(2)14-10-16-8(11(3,4)12)15-9(13)17-10/h7H,5-6H2,1-4H3,(H3,13,14,15,16,17). The highest BCUT2D eigenvalue weighted by Gasteiger charge is 2.24. The predicted octanol–water partition coefficient (Wildman–Crippen LogP) is 2.26. The fourth-order valence-corrected chi connectivity index (χ4v) is 1.45. The smallest absolute Gasteiger partial charge is 0.228 e. The lowest BCUT2D eigenvalue weighted by Gasteiger charge is -2.16. The molecule has 0 amide bonds. The molecule has 0 saturated carbocycles. The van der Waals surface area contributed by atoms with E-state index >= 15 is 0 Å². The SMILES string of the molecule is CCCC(C)Nc1nc(N)nc(C(C)(C)F)n1. The van der Waals surface area contributed by atoms with Gasteiger partial charge in [-0.3, -0.25) is 0 Å². The highest BCUT2D eigenvalue weighted by Crippen LogP contribution is 2.22. The first-order chi connectivity index (χ1) is 7.82. The van der Waals surface area contributed by atoms with Crippen molar-refractivity contribution in [2.45, 2.75) is 52.2 Å². The zero-order valence-corrected chi connectivity index (χ0v) is 10.8. The van der Waals surface area contributed by atoms with Gasteiger partial charge < -0.3 is 11.1 Å². The molecule has 1 heterocycles. The quantitative estimate of drug-likeness (QED) is 0.826. The molecule has 0 saturated heterocycles. The number of aromatic nitrogens is 3. The first-order valence-electron chi connectivity index (χ1n) is 5.80. The number of alkyl halides is 1. The lowest BCUT2D eigenvalue weighted by molar-refractivity contribution is 0.206. The Bertz CT molecular complexity index is 375. The number of nitrogen functional groups attached to an aromatic ring is 1. The third-order valence-electron chi connectivity index (χ3n) is 2.28. The molecule has 1 atom stereocenters. The molecule has 6 heteroatoms. The Balaban J connectivity index is 2.90. The number of hydrogen-bond donors (Lipinski definition) is 2. The van der Waals surface area contributed by atoms with Gasteiger partial charge in [0.1, 0.15) is 0 Å². The average Bonchev–Trinajstić information content (AvgIpc) is 2.15. The van der Waals surface area contributed by atoms with Gasteiger partial charge in [-0.2, -0.15) is 15.0 Å². The van der Waals surface area contributed by atoms with E-state index in [1.807, 2.05) is 6.92 Å². The minimum absolute atomic E-state index is 0.0342. The van der Waals surface area contributed by atoms with Gasteiger partial charge in [0.2, 0.25) is 11.9 Å². The third kappa shape index (κ3) is 4.13. The molecule has 0 aliphatic carbocycles. The maximum Gasteiger partial charge on any atom is 0.228 e. The van der Waals surface area contributed by atoms with E-state index in [-0.39, 0.29) is 17.8 Å². The van der Waals surface area contributed by atoms with Gasteiger partial charge in [-0.1, -0.05) is 13.3 Å². The summed E-state index contributed by atoms with van der Waals surface area (Å²) in [4.78, 5) is 11.8. The summed E-state index contributed by atoms with van der Waals surface area (Å²) >= 11 is 0. The van der Waals surface area contributed by atoms with Crippen LogP contribution in [0.3, 0.4) is 0 Å². The maximum absolute atomic E-state index is 13.7. The predicted molar refractivity (Wildman–Crippen MR) is 66.4 cm³/mol. The first kappa shape index (κ1) is 13.6. The van der Waals surface area contributed by atoms with E-state index in [0.717, 1.165) is 12.8 Å². The Kier molecular flexibility index (Phi) is 4.20. The van der Waals surface area contributed by atoms with Crippen LogP contribution in [0.5, 0.6) is 0 Å². The molecule has 0 fully saturated rings. The van der Waals surface area contributed by atoms with E-state index in [0.29, 0.717) is 5.95 Å². The molecule has 0 spiro atoms. The second kappa shape index (κ2) is 5.25. The van der Waals surface area contributed by atoms with Crippen LogP contribution in [0.15, 0.2) is 0 Å². The number of hydrogen-bond acceptors (Lipinski definition) is 5. The molecule has 0 bridgehead atoms. The largest absolute Gasteiger partial charge is 0.368 e. The summed E-state index contributed by atoms with van der Waals surface area (Å²) in [6.45, 7) is 6.89. The normalized spacial score (nSPS) is 13.5. The van der Waals surface area contributed by atoms with Gasteiger partial charge in [0.05, 0.1) is 0 Å². The fourth-order valence-electron chi connectivity index (χ4n) is 1.45. The summed E-state index contributed by atoms with van der Waals surface area (Å²) in [5.41, 5.74) is 3.91. The van der Waals surface area contributed by atoms with Crippen molar-refractivity contribution in [3.05, 3.63) is 5.82 Å². The summed E-state index contributed by atoms with van der Waals surface area (Å²) in [5.74, 6) is 0.419. The molecule has 5 nitrogen and oxygen atoms in total. The van der Waals surface area contributed by atoms with Crippen LogP contribution in [0.2, 0.25) is 0 Å². The van der Waals surface area contributed by atoms with Gasteiger partial charge in [-0.25, -0.2) is 4.39 Å². The number of nitrogens with two attached hydrogens (primary N) is 1. The van der Waals surface area contributed by atoms with Crippen molar-refractivity contribution >= 4 is 11.9 Å². The van der Waals surface area contributed by atoms with Gasteiger partial charge in [0.25, 0.3) is 0 Å². The molecule has 17 heavy (non-hydrogen) atoms. The first-order valence-corrected chi connectivity index (χ1v) is 5.80. The molecule has 0 aliphatic heterocycles. The Hall–Kier alpha value is -1.46. The van der Waals surface area contributed by atoms with Crippen molar-refractivity contribution in [3.63, 3.8) is 0 Å². The summed E-state index contributed by atoms with van der Waals surface area (Å²) in [6.07, 6.45) is 2.04. The van der Waals surface area contributed by atoms with Gasteiger partial charge in [-0.05, 0) is 27.2 Å². The highest BCUT2D eigenvalue weighted by atomic mass is 19.1. The second-order valence-corrected chi connectivity index (χ2v) is 4.65. The van der Waals surface area contributed by atoms with Crippen LogP contribution < -0.4 is 11.1 Å². The van der Waals surface area contributed by atoms with Crippen molar-refractivity contribution in [3.8, 4) is 0 Å². The Labute approximate surface area is 101 Å². The minimum Gasteiger partial charge on any atom is -0.368 e. The van der Waals surface area contributed by atoms with Crippen molar-refractivity contribution < 1.29 is 4.39 Å². The van der Waals surface area contributed by atoms with E-state index in [4.69, 9.17) is 5.73 Å². The van der Waals surface area contributed by atoms with Crippen LogP contribution in [0.4, 0.5) is 16.3 Å². The monoisotopic (exact) mass is 241 g/mol. The fraction of sp³-hybridized carbons (Fsp3) is 0.727. The summed E-state index contributed by atoms with van der Waals surface area (Å²) in [7, 11) is 0. The molecule has 0 radical (unpaired) electrons. The van der Waals surface area contributed by atoms with Crippen molar-refractivity contribution in [1.82, 2.24) is 15.0 Å². The highest BCUT2D eigenvalue weighted by molar-refractivity contribution is 5.32. The molecule has 1 rings (SSSR count). The van der Waals surface area contributed by atoms with E-state index < -0.39 is 5.67 Å². The molecule has 0 aromatic carbocycles. The van der Waals surface area contributed by atoms with Crippen LogP contribution in [0.1, 0.15) is 46.4 Å². The maximum atomic E-state index is 13.7. The third-order valence-corrected chi connectivity index (χ3v) is 2.28. The van der Waals surface area contributed by atoms with Crippen molar-refractivity contribution in [1.29, 1.82) is 0 Å². The molecular weight excluding hydrogens is 221 g/mol. The van der Waals surface area contributed by atoms with Gasteiger partial charge in [0.15, 0.2) is 11.5 Å². The van der Waals surface area contributed by atoms with Crippen LogP contribution in [-0.2, 0) is 5.67 Å². The van der Waals surface area contributed by atoms with E-state index in [9.17, 15) is 4.39 Å². The van der Waals surface area contributed by atoms with E-state index in [1.54, 1.807) is 0 Å². The zero-order valence-electron chi connectivity index (χ0n) is 10.8. The second-order valence-electron chi connectivity index (χ2n) is 4.65. The molecule has 1 unspecified atom stereocenters. The minimum atomic E-state index is -1.62. The average molecular weight is 241 g/mol. The zero-order chi connectivity index (χ0) is 13.1. The Morgan fingerprint density at radius 2 is 2.00 bits per heavy atom. The summed E-state index contributed by atoms with van der Waals surface area (Å²) in [5, 5.41) is 3.09. The molecule has 96 valence electrons. The Morgan fingerprint density at radius 1 is 1.35 bits per heavy atom. The molecule has 0 aliphatic rings. The van der Waals surface area contributed by atoms with E-state index in [2.05, 4.69) is 27.2 Å². The van der Waals surface area contributed by atoms with Crippen molar-refractivity contribution in [2.24, 2.45) is 0 Å². The van der Waals surface area contributed by atoms with Gasteiger partial charge in [0, 0.05) is 6.04 Å². The van der Waals surface area contributed by atoms with Crippen LogP contribution in [0, 0.1) is 0 Å². The van der Waals surface area contributed by atoms with Crippen LogP contribution in [-0.4, -0.2) is 21.0 Å². The van der Waals surface area contributed by atoms with Crippen LogP contribution >= 0.6 is 0 Å². The van der Waals surface area contributed by atoms with E-state index in [1.165, 1.54) is 13.8 Å². The number of halogens is 1. The summed E-state index contributed by atoms with van der Waals surface area (Å²) < 4.78 is 13.7. The van der Waals surface area contributed by atoms with Crippen molar-refractivity contribution in [2.75, 3.05) is 11.1 Å². The molecule has 3 N–H and O–H groups in total. The van der Waals surface area contributed by atoms with Gasteiger partial charge >= 0.3 is 0 Å². The number of nitrogens with zero attached hydrogens (tertiary/aromatic N) is 3. The topological polar surface area (TPSA) is 76.7 Å². The lowest BCUT2D eigenvalue weighted by atomic mass is 10.1. The number of nitrogens with one attached hydrogen (secondary N) is 1.